The van der Waals surface area contributed by atoms with E-state index in [4.69, 9.17) is 0 Å². The lowest BCUT2D eigenvalue weighted by atomic mass is 9.79. The first-order valence-electron chi connectivity index (χ1n) is 7.88. The summed E-state index contributed by atoms with van der Waals surface area (Å²) in [6.45, 7) is 8.37. The van der Waals surface area contributed by atoms with Crippen LogP contribution in [0.5, 0.6) is 0 Å². The maximum Gasteiger partial charge on any atom is 0.118 e. The van der Waals surface area contributed by atoms with Crippen LogP contribution < -0.4 is 0 Å². The standard InChI is InChI=1S/C21H19NS/c1-21(2)18-10-5-4-8-16(18)17-9-6-7-14(19(17)21)13-15-11-12-23-20(15)22-3/h4-12H,3,13H2,1-2H3. The number of hydrogen-bond donors (Lipinski definition) is 0. The topological polar surface area (TPSA) is 12.4 Å². The number of thiophene rings is 1. The Balaban J connectivity index is 1.89. The van der Waals surface area contributed by atoms with E-state index >= 15 is 0 Å². The van der Waals surface area contributed by atoms with Gasteiger partial charge in [0.05, 0.1) is 0 Å². The van der Waals surface area contributed by atoms with Crippen LogP contribution in [0.15, 0.2) is 58.9 Å². The molecule has 0 unspecified atom stereocenters. The minimum atomic E-state index is 0.0420. The Hall–Kier alpha value is -2.19. The van der Waals surface area contributed by atoms with Gasteiger partial charge < -0.3 is 0 Å². The van der Waals surface area contributed by atoms with Crippen LogP contribution in [0.4, 0.5) is 5.00 Å². The third-order valence-electron chi connectivity index (χ3n) is 4.91. The van der Waals surface area contributed by atoms with Crippen molar-refractivity contribution in [3.63, 3.8) is 0 Å². The third kappa shape index (κ3) is 2.09. The van der Waals surface area contributed by atoms with Gasteiger partial charge in [0.15, 0.2) is 0 Å². The van der Waals surface area contributed by atoms with Crippen molar-refractivity contribution in [3.05, 3.63) is 76.2 Å². The number of benzene rings is 2. The summed E-state index contributed by atoms with van der Waals surface area (Å²) in [5.41, 5.74) is 8.35. The second-order valence-corrected chi connectivity index (χ2v) is 7.49. The quantitative estimate of drug-likeness (QED) is 0.527. The maximum atomic E-state index is 4.16. The van der Waals surface area contributed by atoms with Gasteiger partial charge in [0, 0.05) is 11.8 Å². The molecule has 0 amide bonds. The zero-order valence-electron chi connectivity index (χ0n) is 13.5. The highest BCUT2D eigenvalue weighted by Crippen LogP contribution is 2.50. The van der Waals surface area contributed by atoms with Crippen LogP contribution in [-0.2, 0) is 11.8 Å². The molecule has 2 heteroatoms. The first-order valence-corrected chi connectivity index (χ1v) is 8.76. The second kappa shape index (κ2) is 5.17. The van der Waals surface area contributed by atoms with Gasteiger partial charge in [-0.2, -0.15) is 0 Å². The van der Waals surface area contributed by atoms with Crippen molar-refractivity contribution in [1.29, 1.82) is 0 Å². The van der Waals surface area contributed by atoms with Gasteiger partial charge in [0.2, 0.25) is 0 Å². The zero-order valence-corrected chi connectivity index (χ0v) is 14.3. The summed E-state index contributed by atoms with van der Waals surface area (Å²) in [7, 11) is 0. The van der Waals surface area contributed by atoms with E-state index in [9.17, 15) is 0 Å². The highest BCUT2D eigenvalue weighted by Gasteiger charge is 2.36. The Kier molecular flexibility index (Phi) is 3.24. The van der Waals surface area contributed by atoms with Crippen molar-refractivity contribution in [1.82, 2.24) is 0 Å². The van der Waals surface area contributed by atoms with Crippen molar-refractivity contribution >= 4 is 23.1 Å². The van der Waals surface area contributed by atoms with E-state index in [-0.39, 0.29) is 5.41 Å². The third-order valence-corrected chi connectivity index (χ3v) is 5.80. The molecule has 0 saturated carbocycles. The summed E-state index contributed by atoms with van der Waals surface area (Å²) in [5.74, 6) is 0. The number of fused-ring (bicyclic) bond motifs is 3. The van der Waals surface area contributed by atoms with E-state index in [1.807, 2.05) is 0 Å². The second-order valence-electron chi connectivity index (χ2n) is 6.60. The molecule has 0 fully saturated rings. The molecular weight excluding hydrogens is 298 g/mol. The number of aliphatic imine (C=N–C) groups is 1. The molecule has 0 bridgehead atoms. The first kappa shape index (κ1) is 14.4. The van der Waals surface area contributed by atoms with Gasteiger partial charge in [-0.05, 0) is 51.5 Å². The molecule has 1 aliphatic rings. The predicted molar refractivity (Wildman–Crippen MR) is 100 cm³/mol. The van der Waals surface area contributed by atoms with Gasteiger partial charge in [0.1, 0.15) is 5.00 Å². The van der Waals surface area contributed by atoms with E-state index in [0.717, 1.165) is 11.4 Å². The summed E-state index contributed by atoms with van der Waals surface area (Å²) in [6, 6.07) is 17.7. The summed E-state index contributed by atoms with van der Waals surface area (Å²) in [6.07, 6.45) is 0.915. The number of rotatable bonds is 3. The Labute approximate surface area is 141 Å². The molecule has 1 aromatic heterocycles. The van der Waals surface area contributed by atoms with Crippen LogP contribution in [0, 0.1) is 0 Å². The molecule has 4 rings (SSSR count). The van der Waals surface area contributed by atoms with Crippen LogP contribution in [0.2, 0.25) is 0 Å². The van der Waals surface area contributed by atoms with Gasteiger partial charge in [-0.15, -0.1) is 11.3 Å². The van der Waals surface area contributed by atoms with E-state index in [2.05, 4.69) is 79.5 Å². The normalized spacial score (nSPS) is 14.3. The number of hydrogen-bond acceptors (Lipinski definition) is 2. The first-order chi connectivity index (χ1) is 11.1. The Morgan fingerprint density at radius 2 is 1.74 bits per heavy atom. The van der Waals surface area contributed by atoms with Crippen LogP contribution in [0.25, 0.3) is 11.1 Å². The summed E-state index contributed by atoms with van der Waals surface area (Å²) < 4.78 is 0. The Bertz CT molecular complexity index is 902. The molecule has 2 aromatic carbocycles. The molecule has 1 heterocycles. The smallest absolute Gasteiger partial charge is 0.118 e. The Morgan fingerprint density at radius 1 is 0.957 bits per heavy atom. The molecule has 0 spiro atoms. The fourth-order valence-corrected chi connectivity index (χ4v) is 4.64. The van der Waals surface area contributed by atoms with Gasteiger partial charge in [-0.25, -0.2) is 0 Å². The molecule has 114 valence electrons. The van der Waals surface area contributed by atoms with Crippen LogP contribution in [0.3, 0.4) is 0 Å². The molecule has 3 aromatic rings. The lowest BCUT2D eigenvalue weighted by Gasteiger charge is -2.24. The lowest BCUT2D eigenvalue weighted by Crippen LogP contribution is -2.17. The summed E-state index contributed by atoms with van der Waals surface area (Å²) in [5, 5.41) is 3.14. The van der Waals surface area contributed by atoms with E-state index in [1.54, 1.807) is 11.3 Å². The Morgan fingerprint density at radius 3 is 2.57 bits per heavy atom. The van der Waals surface area contributed by atoms with Crippen molar-refractivity contribution in [3.8, 4) is 11.1 Å². The molecule has 0 saturated heterocycles. The average Bonchev–Trinajstić information content (AvgIpc) is 3.10. The zero-order chi connectivity index (χ0) is 16.0. The number of nitrogens with zero attached hydrogens (tertiary/aromatic N) is 1. The van der Waals surface area contributed by atoms with E-state index in [1.165, 1.54) is 33.4 Å². The van der Waals surface area contributed by atoms with Gasteiger partial charge >= 0.3 is 0 Å². The monoisotopic (exact) mass is 317 g/mol. The van der Waals surface area contributed by atoms with Crippen molar-refractivity contribution in [2.24, 2.45) is 4.99 Å². The van der Waals surface area contributed by atoms with Crippen molar-refractivity contribution in [2.45, 2.75) is 25.7 Å². The highest BCUT2D eigenvalue weighted by atomic mass is 32.1. The van der Waals surface area contributed by atoms with E-state index in [0.29, 0.717) is 0 Å². The SMILES string of the molecule is C=Nc1sccc1Cc1cccc2c1C(C)(C)c1ccccc1-2. The summed E-state index contributed by atoms with van der Waals surface area (Å²) >= 11 is 1.66. The van der Waals surface area contributed by atoms with Crippen LogP contribution >= 0.6 is 11.3 Å². The molecule has 0 atom stereocenters. The molecule has 0 aliphatic heterocycles. The molecule has 1 nitrogen and oxygen atoms in total. The minimum absolute atomic E-state index is 0.0420. The molecule has 23 heavy (non-hydrogen) atoms. The van der Waals surface area contributed by atoms with Gasteiger partial charge in [-0.3, -0.25) is 4.99 Å². The predicted octanol–water partition coefficient (Wildman–Crippen LogP) is 5.98. The van der Waals surface area contributed by atoms with Crippen LogP contribution in [0.1, 0.15) is 36.1 Å². The van der Waals surface area contributed by atoms with E-state index < -0.39 is 0 Å². The van der Waals surface area contributed by atoms with Crippen molar-refractivity contribution < 1.29 is 0 Å². The van der Waals surface area contributed by atoms with Crippen LogP contribution in [-0.4, -0.2) is 6.72 Å². The van der Waals surface area contributed by atoms with Crippen molar-refractivity contribution in [2.75, 3.05) is 0 Å². The molecule has 0 N–H and O–H groups in total. The molecular formula is C21H19NS. The molecule has 1 aliphatic carbocycles. The lowest BCUT2D eigenvalue weighted by molar-refractivity contribution is 0.653. The maximum absolute atomic E-state index is 4.16. The fraction of sp³-hybridized carbons (Fsp3) is 0.190. The minimum Gasteiger partial charge on any atom is -0.253 e. The average molecular weight is 317 g/mol. The largest absolute Gasteiger partial charge is 0.253 e. The summed E-state index contributed by atoms with van der Waals surface area (Å²) in [4.78, 5) is 4.16. The fourth-order valence-electron chi connectivity index (χ4n) is 3.91. The highest BCUT2D eigenvalue weighted by molar-refractivity contribution is 7.14. The van der Waals surface area contributed by atoms with Gasteiger partial charge in [-0.1, -0.05) is 56.3 Å². The van der Waals surface area contributed by atoms with Gasteiger partial charge in [0.25, 0.3) is 0 Å². The molecule has 0 radical (unpaired) electrons.